The number of rotatable bonds is 1. The second-order valence-corrected chi connectivity index (χ2v) is 4.81. The second-order valence-electron chi connectivity index (χ2n) is 4.81. The minimum Gasteiger partial charge on any atom is -0.422 e. The largest absolute Gasteiger partial charge is 0.422 e. The van der Waals surface area contributed by atoms with Gasteiger partial charge in [-0.25, -0.2) is 4.79 Å². The minimum atomic E-state index is -0.285. The van der Waals surface area contributed by atoms with Gasteiger partial charge >= 0.3 is 5.63 Å². The fourth-order valence-corrected chi connectivity index (χ4v) is 2.30. The van der Waals surface area contributed by atoms with Crippen LogP contribution in [-0.2, 0) is 0 Å². The fourth-order valence-electron chi connectivity index (χ4n) is 2.30. The number of hydrogen-bond donors (Lipinski definition) is 0. The maximum Gasteiger partial charge on any atom is 0.344 e. The predicted molar refractivity (Wildman–Crippen MR) is 77.4 cm³/mol. The Kier molecular flexibility index (Phi) is 2.71. The molecule has 0 atom stereocenters. The molecule has 1 heterocycles. The number of aryl methyl sites for hydroxylation is 2. The van der Waals surface area contributed by atoms with Gasteiger partial charge in [0.2, 0.25) is 0 Å². The van der Waals surface area contributed by atoms with E-state index in [4.69, 9.17) is 4.42 Å². The third-order valence-corrected chi connectivity index (χ3v) is 3.29. The van der Waals surface area contributed by atoms with Crippen molar-refractivity contribution >= 4 is 11.0 Å². The fraction of sp³-hybridized carbons (Fsp3) is 0.118. The number of benzene rings is 2. The lowest BCUT2D eigenvalue weighted by molar-refractivity contribution is 0.561. The van der Waals surface area contributed by atoms with E-state index in [0.717, 1.165) is 22.1 Å². The maximum atomic E-state index is 12.1. The second kappa shape index (κ2) is 4.39. The SMILES string of the molecule is Cc1cccc(-c2cc3cccc(C)c3oc2=O)c1. The third kappa shape index (κ3) is 2.06. The van der Waals surface area contributed by atoms with Crippen LogP contribution in [0.1, 0.15) is 11.1 Å². The Morgan fingerprint density at radius 1 is 0.947 bits per heavy atom. The van der Waals surface area contributed by atoms with Crippen molar-refractivity contribution < 1.29 is 4.42 Å². The molecule has 0 N–H and O–H groups in total. The molecule has 94 valence electrons. The Balaban J connectivity index is 2.31. The molecule has 1 aromatic heterocycles. The normalized spacial score (nSPS) is 10.8. The van der Waals surface area contributed by atoms with Crippen LogP contribution in [0.5, 0.6) is 0 Å². The first-order valence-corrected chi connectivity index (χ1v) is 6.26. The molecule has 2 heteroatoms. The lowest BCUT2D eigenvalue weighted by Gasteiger charge is -2.05. The van der Waals surface area contributed by atoms with Crippen molar-refractivity contribution in [3.05, 3.63) is 70.1 Å². The molecule has 0 fully saturated rings. The summed E-state index contributed by atoms with van der Waals surface area (Å²) in [7, 11) is 0. The van der Waals surface area contributed by atoms with E-state index in [-0.39, 0.29) is 5.63 Å². The van der Waals surface area contributed by atoms with E-state index in [1.54, 1.807) is 0 Å². The summed E-state index contributed by atoms with van der Waals surface area (Å²) in [4.78, 5) is 12.1. The molecule has 0 aliphatic heterocycles. The molecule has 0 unspecified atom stereocenters. The number of para-hydroxylation sites is 1. The molecule has 0 spiro atoms. The van der Waals surface area contributed by atoms with Gasteiger partial charge in [-0.3, -0.25) is 0 Å². The average Bonchev–Trinajstić information content (AvgIpc) is 2.39. The molecule has 0 amide bonds. The van der Waals surface area contributed by atoms with Gasteiger partial charge in [0.1, 0.15) is 5.58 Å². The summed E-state index contributed by atoms with van der Waals surface area (Å²) in [6.45, 7) is 3.95. The topological polar surface area (TPSA) is 30.2 Å². The highest BCUT2D eigenvalue weighted by atomic mass is 16.4. The molecule has 0 radical (unpaired) electrons. The zero-order valence-electron chi connectivity index (χ0n) is 10.9. The molecule has 0 saturated carbocycles. The van der Waals surface area contributed by atoms with Crippen LogP contribution in [-0.4, -0.2) is 0 Å². The van der Waals surface area contributed by atoms with Crippen LogP contribution in [0.15, 0.2) is 57.7 Å². The first kappa shape index (κ1) is 11.7. The Bertz CT molecular complexity index is 813. The molecule has 0 aliphatic rings. The molecule has 2 aromatic carbocycles. The predicted octanol–water partition coefficient (Wildman–Crippen LogP) is 4.08. The molecule has 0 aliphatic carbocycles. The average molecular weight is 250 g/mol. The first-order chi connectivity index (χ1) is 9.15. The third-order valence-electron chi connectivity index (χ3n) is 3.29. The van der Waals surface area contributed by atoms with Crippen LogP contribution in [0.4, 0.5) is 0 Å². The lowest BCUT2D eigenvalue weighted by atomic mass is 10.0. The smallest absolute Gasteiger partial charge is 0.344 e. The minimum absolute atomic E-state index is 0.285. The van der Waals surface area contributed by atoms with Gasteiger partial charge in [-0.05, 0) is 31.0 Å². The summed E-state index contributed by atoms with van der Waals surface area (Å²) in [5.74, 6) is 0. The van der Waals surface area contributed by atoms with Crippen LogP contribution in [0, 0.1) is 13.8 Å². The number of hydrogen-bond acceptors (Lipinski definition) is 2. The van der Waals surface area contributed by atoms with Gasteiger partial charge in [-0.15, -0.1) is 0 Å². The summed E-state index contributed by atoms with van der Waals surface area (Å²) in [5, 5.41) is 0.955. The molecule has 19 heavy (non-hydrogen) atoms. The highest BCUT2D eigenvalue weighted by molar-refractivity contribution is 5.83. The van der Waals surface area contributed by atoms with Gasteiger partial charge in [0, 0.05) is 5.39 Å². The molecular formula is C17H14O2. The van der Waals surface area contributed by atoms with Crippen molar-refractivity contribution in [2.45, 2.75) is 13.8 Å². The first-order valence-electron chi connectivity index (χ1n) is 6.26. The van der Waals surface area contributed by atoms with Crippen LogP contribution in [0.2, 0.25) is 0 Å². The van der Waals surface area contributed by atoms with Crippen LogP contribution in [0.25, 0.3) is 22.1 Å². The zero-order valence-corrected chi connectivity index (χ0v) is 10.9. The Morgan fingerprint density at radius 2 is 1.74 bits per heavy atom. The molecule has 3 rings (SSSR count). The molecule has 2 nitrogen and oxygen atoms in total. The van der Waals surface area contributed by atoms with E-state index in [9.17, 15) is 4.79 Å². The standard InChI is InChI=1S/C17H14O2/c1-11-5-3-7-13(9-11)15-10-14-8-4-6-12(2)16(14)19-17(15)18/h3-10H,1-2H3. The van der Waals surface area contributed by atoms with Gasteiger partial charge in [0.25, 0.3) is 0 Å². The molecule has 3 aromatic rings. The maximum absolute atomic E-state index is 12.1. The van der Waals surface area contributed by atoms with E-state index >= 15 is 0 Å². The lowest BCUT2D eigenvalue weighted by Crippen LogP contribution is -2.03. The van der Waals surface area contributed by atoms with Crippen molar-refractivity contribution in [2.24, 2.45) is 0 Å². The van der Waals surface area contributed by atoms with E-state index in [0.29, 0.717) is 11.1 Å². The van der Waals surface area contributed by atoms with E-state index in [1.165, 1.54) is 0 Å². The van der Waals surface area contributed by atoms with Crippen molar-refractivity contribution in [1.82, 2.24) is 0 Å². The molecule has 0 bridgehead atoms. The van der Waals surface area contributed by atoms with Crippen molar-refractivity contribution in [3.8, 4) is 11.1 Å². The van der Waals surface area contributed by atoms with Crippen LogP contribution < -0.4 is 5.63 Å². The van der Waals surface area contributed by atoms with Gasteiger partial charge < -0.3 is 4.42 Å². The highest BCUT2D eigenvalue weighted by Gasteiger charge is 2.08. The van der Waals surface area contributed by atoms with Gasteiger partial charge in [0.15, 0.2) is 0 Å². The Morgan fingerprint density at radius 3 is 2.53 bits per heavy atom. The van der Waals surface area contributed by atoms with E-state index < -0.39 is 0 Å². The summed E-state index contributed by atoms with van der Waals surface area (Å²) < 4.78 is 5.46. The van der Waals surface area contributed by atoms with Crippen LogP contribution >= 0.6 is 0 Å². The highest BCUT2D eigenvalue weighted by Crippen LogP contribution is 2.23. The molecular weight excluding hydrogens is 236 g/mol. The summed E-state index contributed by atoms with van der Waals surface area (Å²) in [6.07, 6.45) is 0. The summed E-state index contributed by atoms with van der Waals surface area (Å²) >= 11 is 0. The van der Waals surface area contributed by atoms with Crippen molar-refractivity contribution in [2.75, 3.05) is 0 Å². The van der Waals surface area contributed by atoms with Gasteiger partial charge in [-0.1, -0.05) is 48.0 Å². The van der Waals surface area contributed by atoms with Crippen LogP contribution in [0.3, 0.4) is 0 Å². The monoisotopic (exact) mass is 250 g/mol. The van der Waals surface area contributed by atoms with E-state index in [2.05, 4.69) is 0 Å². The summed E-state index contributed by atoms with van der Waals surface area (Å²) in [5.41, 5.74) is 4.00. The van der Waals surface area contributed by atoms with Gasteiger partial charge in [-0.2, -0.15) is 0 Å². The van der Waals surface area contributed by atoms with Crippen molar-refractivity contribution in [1.29, 1.82) is 0 Å². The molecule has 0 saturated heterocycles. The van der Waals surface area contributed by atoms with E-state index in [1.807, 2.05) is 62.4 Å². The van der Waals surface area contributed by atoms with Gasteiger partial charge in [0.05, 0.1) is 5.56 Å². The summed E-state index contributed by atoms with van der Waals surface area (Å²) in [6, 6.07) is 15.7. The Hall–Kier alpha value is -2.35. The van der Waals surface area contributed by atoms with Crippen molar-refractivity contribution in [3.63, 3.8) is 0 Å². The Labute approximate surface area is 111 Å². The zero-order chi connectivity index (χ0) is 13.4. The number of fused-ring (bicyclic) bond motifs is 1. The quantitative estimate of drug-likeness (QED) is 0.609.